The molecule has 1 atom stereocenters. The van der Waals surface area contributed by atoms with E-state index < -0.39 is 0 Å². The van der Waals surface area contributed by atoms with Crippen LogP contribution in [0.15, 0.2) is 28.7 Å². The molecule has 3 rings (SSSR count). The second-order valence-electron chi connectivity index (χ2n) is 7.46. The fourth-order valence-electron chi connectivity index (χ4n) is 3.24. The van der Waals surface area contributed by atoms with Crippen molar-refractivity contribution in [1.29, 1.82) is 0 Å². The van der Waals surface area contributed by atoms with E-state index in [2.05, 4.69) is 40.8 Å². The molecule has 1 aliphatic heterocycles. The molecule has 0 radical (unpaired) electrons. The minimum Gasteiger partial charge on any atom is -0.491 e. The second kappa shape index (κ2) is 9.53. The number of ether oxygens (including phenoxy) is 1. The Morgan fingerprint density at radius 2 is 1.85 bits per heavy atom. The third kappa shape index (κ3) is 5.67. The number of nitrogens with zero attached hydrogens (tertiary/aromatic N) is 4. The molecule has 1 saturated heterocycles. The number of hydrogen-bond acceptors (Lipinski definition) is 6. The molecule has 6 nitrogen and oxygen atoms in total. The van der Waals surface area contributed by atoms with Crippen molar-refractivity contribution in [1.82, 2.24) is 20.0 Å². The number of para-hydroxylation sites is 1. The highest BCUT2D eigenvalue weighted by molar-refractivity contribution is 6.32. The van der Waals surface area contributed by atoms with Crippen LogP contribution in [0.4, 0.5) is 0 Å². The van der Waals surface area contributed by atoms with Crippen molar-refractivity contribution in [3.8, 4) is 5.75 Å². The third-order valence-electron chi connectivity index (χ3n) is 4.88. The second-order valence-corrected chi connectivity index (χ2v) is 7.87. The summed E-state index contributed by atoms with van der Waals surface area (Å²) in [7, 11) is 0. The molecule has 2 aromatic rings. The number of halogens is 1. The van der Waals surface area contributed by atoms with Gasteiger partial charge < -0.3 is 9.15 Å². The molecular formula is C20H29ClN4O2. The van der Waals surface area contributed by atoms with Crippen molar-refractivity contribution >= 4 is 11.6 Å². The van der Waals surface area contributed by atoms with Gasteiger partial charge in [0.05, 0.1) is 11.1 Å². The summed E-state index contributed by atoms with van der Waals surface area (Å²) in [5, 5.41) is 9.09. The average molecular weight is 393 g/mol. The van der Waals surface area contributed by atoms with Gasteiger partial charge in [0.1, 0.15) is 12.4 Å². The zero-order chi connectivity index (χ0) is 19.2. The van der Waals surface area contributed by atoms with E-state index in [-0.39, 0.29) is 6.04 Å². The molecular weight excluding hydrogens is 364 g/mol. The number of aromatic nitrogens is 2. The van der Waals surface area contributed by atoms with Crippen LogP contribution < -0.4 is 4.74 Å². The topological polar surface area (TPSA) is 54.6 Å². The largest absolute Gasteiger partial charge is 0.491 e. The van der Waals surface area contributed by atoms with Gasteiger partial charge >= 0.3 is 0 Å². The minimum absolute atomic E-state index is 0.153. The van der Waals surface area contributed by atoms with Crippen molar-refractivity contribution in [3.63, 3.8) is 0 Å². The fourth-order valence-corrected chi connectivity index (χ4v) is 3.43. The molecule has 0 N–H and O–H groups in total. The summed E-state index contributed by atoms with van der Waals surface area (Å²) in [6.45, 7) is 12.0. The van der Waals surface area contributed by atoms with E-state index in [1.807, 2.05) is 24.3 Å². The summed E-state index contributed by atoms with van der Waals surface area (Å²) >= 11 is 6.12. The van der Waals surface area contributed by atoms with Crippen molar-refractivity contribution in [2.45, 2.75) is 33.2 Å². The first kappa shape index (κ1) is 20.1. The summed E-state index contributed by atoms with van der Waals surface area (Å²) in [6.07, 6.45) is 0.832. The van der Waals surface area contributed by atoms with Crippen molar-refractivity contribution in [3.05, 3.63) is 41.1 Å². The van der Waals surface area contributed by atoms with Gasteiger partial charge in [-0.05, 0) is 25.0 Å². The zero-order valence-corrected chi connectivity index (χ0v) is 17.2. The smallest absolute Gasteiger partial charge is 0.233 e. The van der Waals surface area contributed by atoms with Gasteiger partial charge in [-0.1, -0.05) is 37.6 Å². The van der Waals surface area contributed by atoms with Gasteiger partial charge in [-0.15, -0.1) is 10.2 Å². The summed E-state index contributed by atoms with van der Waals surface area (Å²) in [6, 6.07) is 7.75. The molecule has 0 saturated carbocycles. The van der Waals surface area contributed by atoms with Crippen LogP contribution in [0.1, 0.15) is 38.6 Å². The lowest BCUT2D eigenvalue weighted by Gasteiger charge is -2.36. The lowest BCUT2D eigenvalue weighted by molar-refractivity contribution is 0.0820. The maximum absolute atomic E-state index is 6.12. The van der Waals surface area contributed by atoms with Crippen molar-refractivity contribution < 1.29 is 9.15 Å². The van der Waals surface area contributed by atoms with Gasteiger partial charge in [0, 0.05) is 39.1 Å². The summed E-state index contributed by atoms with van der Waals surface area (Å²) in [5.41, 5.74) is 0. The first-order chi connectivity index (χ1) is 13.0. The van der Waals surface area contributed by atoms with Crippen molar-refractivity contribution in [2.24, 2.45) is 5.92 Å². The fraction of sp³-hybridized carbons (Fsp3) is 0.600. The molecule has 2 heterocycles. The summed E-state index contributed by atoms with van der Waals surface area (Å²) < 4.78 is 11.6. The number of benzene rings is 1. The Morgan fingerprint density at radius 3 is 2.56 bits per heavy atom. The monoisotopic (exact) mass is 392 g/mol. The molecule has 1 aromatic carbocycles. The highest BCUT2D eigenvalue weighted by Crippen LogP contribution is 2.23. The van der Waals surface area contributed by atoms with Crippen LogP contribution in [0.3, 0.4) is 0 Å². The van der Waals surface area contributed by atoms with E-state index in [0.717, 1.165) is 56.7 Å². The van der Waals surface area contributed by atoms with E-state index in [9.17, 15) is 0 Å². The molecule has 27 heavy (non-hydrogen) atoms. The number of piperazine rings is 1. The lowest BCUT2D eigenvalue weighted by Crippen LogP contribution is -2.48. The Kier molecular flexibility index (Phi) is 7.10. The van der Waals surface area contributed by atoms with Crippen LogP contribution >= 0.6 is 11.6 Å². The van der Waals surface area contributed by atoms with E-state index in [1.54, 1.807) is 0 Å². The first-order valence-corrected chi connectivity index (χ1v) is 10.1. The van der Waals surface area contributed by atoms with E-state index >= 15 is 0 Å². The molecule has 0 amide bonds. The van der Waals surface area contributed by atoms with Gasteiger partial charge in [0.2, 0.25) is 11.8 Å². The Bertz CT molecular complexity index is 714. The Balaban J connectivity index is 1.41. The predicted octanol–water partition coefficient (Wildman–Crippen LogP) is 3.68. The normalized spacial score (nSPS) is 17.4. The van der Waals surface area contributed by atoms with Crippen LogP contribution in [0.2, 0.25) is 5.02 Å². The van der Waals surface area contributed by atoms with Crippen LogP contribution in [0.5, 0.6) is 5.75 Å². The molecule has 0 unspecified atom stereocenters. The molecule has 7 heteroatoms. The van der Waals surface area contributed by atoms with Gasteiger partial charge in [0.25, 0.3) is 0 Å². The van der Waals surface area contributed by atoms with Gasteiger partial charge in [-0.25, -0.2) is 0 Å². The predicted molar refractivity (Wildman–Crippen MR) is 106 cm³/mol. The Hall–Kier alpha value is -1.63. The van der Waals surface area contributed by atoms with Crippen LogP contribution in [0.25, 0.3) is 0 Å². The summed E-state index contributed by atoms with van der Waals surface area (Å²) in [5.74, 6) is 2.73. The lowest BCUT2D eigenvalue weighted by atomic mass is 10.1. The highest BCUT2D eigenvalue weighted by Gasteiger charge is 2.25. The maximum atomic E-state index is 6.12. The molecule has 0 bridgehead atoms. The maximum Gasteiger partial charge on any atom is 0.233 e. The molecule has 0 aliphatic carbocycles. The SMILES string of the molecule is CC(C)Cc1nnc([C@H](C)N2CCN(CCOc3ccccc3Cl)CC2)o1. The standard InChI is InChI=1S/C20H29ClN4O2/c1-15(2)14-19-22-23-20(27-19)16(3)25-10-8-24(9-11-25)12-13-26-18-7-5-4-6-17(18)21/h4-7,15-16H,8-14H2,1-3H3/t16-/m0/s1. The quantitative estimate of drug-likeness (QED) is 0.683. The van der Waals surface area contributed by atoms with E-state index in [0.29, 0.717) is 17.5 Å². The van der Waals surface area contributed by atoms with Gasteiger partial charge in [-0.3, -0.25) is 9.80 Å². The third-order valence-corrected chi connectivity index (χ3v) is 5.19. The Morgan fingerprint density at radius 1 is 1.11 bits per heavy atom. The van der Waals surface area contributed by atoms with Gasteiger partial charge in [0.15, 0.2) is 0 Å². The molecule has 1 fully saturated rings. The summed E-state index contributed by atoms with van der Waals surface area (Å²) in [4.78, 5) is 4.82. The van der Waals surface area contributed by atoms with E-state index in [4.69, 9.17) is 20.8 Å². The van der Waals surface area contributed by atoms with E-state index in [1.165, 1.54) is 0 Å². The Labute approximate surface area is 166 Å². The molecule has 148 valence electrons. The van der Waals surface area contributed by atoms with Crippen LogP contribution in [-0.4, -0.2) is 59.3 Å². The van der Waals surface area contributed by atoms with Gasteiger partial charge in [-0.2, -0.15) is 0 Å². The first-order valence-electron chi connectivity index (χ1n) is 9.69. The number of hydrogen-bond donors (Lipinski definition) is 0. The van der Waals surface area contributed by atoms with Crippen molar-refractivity contribution in [2.75, 3.05) is 39.3 Å². The molecule has 1 aromatic heterocycles. The average Bonchev–Trinajstić information content (AvgIpc) is 3.11. The zero-order valence-electron chi connectivity index (χ0n) is 16.4. The minimum atomic E-state index is 0.153. The molecule has 0 spiro atoms. The number of rotatable bonds is 8. The molecule has 1 aliphatic rings. The highest BCUT2D eigenvalue weighted by atomic mass is 35.5. The van der Waals surface area contributed by atoms with Crippen LogP contribution in [-0.2, 0) is 6.42 Å². The van der Waals surface area contributed by atoms with Crippen LogP contribution in [0, 0.1) is 5.92 Å².